The molecule has 1 aromatic carbocycles. The molecule has 0 aromatic heterocycles. The van der Waals surface area contributed by atoms with Crippen LogP contribution >= 0.6 is 0 Å². The van der Waals surface area contributed by atoms with Gasteiger partial charge in [-0.15, -0.1) is 0 Å². The Morgan fingerprint density at radius 3 is 2.67 bits per heavy atom. The van der Waals surface area contributed by atoms with Crippen LogP contribution in [0.3, 0.4) is 0 Å². The third-order valence-electron chi connectivity index (χ3n) is 3.69. The zero-order valence-electron chi connectivity index (χ0n) is 11.0. The minimum absolute atomic E-state index is 0.219. The Labute approximate surface area is 106 Å². The second kappa shape index (κ2) is 4.84. The van der Waals surface area contributed by atoms with E-state index in [-0.39, 0.29) is 11.3 Å². The van der Waals surface area contributed by atoms with Gasteiger partial charge in [-0.2, -0.15) is 0 Å². The summed E-state index contributed by atoms with van der Waals surface area (Å²) in [5.41, 5.74) is 0.733. The van der Waals surface area contributed by atoms with Crippen molar-refractivity contribution in [1.82, 2.24) is 5.32 Å². The summed E-state index contributed by atoms with van der Waals surface area (Å²) in [6, 6.07) is 2.93. The van der Waals surface area contributed by atoms with Crippen LogP contribution in [0.25, 0.3) is 0 Å². The lowest BCUT2D eigenvalue weighted by Gasteiger charge is -2.28. The summed E-state index contributed by atoms with van der Waals surface area (Å²) < 4.78 is 32.5. The molecule has 0 bridgehead atoms. The first-order valence-electron chi connectivity index (χ1n) is 6.25. The lowest BCUT2D eigenvalue weighted by molar-refractivity contribution is 0.342. The van der Waals surface area contributed by atoms with Crippen LogP contribution in [0.5, 0.6) is 5.75 Å². The molecular weight excluding hydrogens is 236 g/mol. The van der Waals surface area contributed by atoms with Gasteiger partial charge < -0.3 is 10.1 Å². The summed E-state index contributed by atoms with van der Waals surface area (Å²) in [4.78, 5) is 0. The van der Waals surface area contributed by atoms with E-state index in [0.717, 1.165) is 19.4 Å². The molecule has 18 heavy (non-hydrogen) atoms. The Bertz CT molecular complexity index is 440. The zero-order valence-corrected chi connectivity index (χ0v) is 11.0. The summed E-state index contributed by atoms with van der Waals surface area (Å²) in [7, 11) is 1.44. The third-order valence-corrected chi connectivity index (χ3v) is 3.69. The van der Waals surface area contributed by atoms with E-state index in [1.54, 1.807) is 6.07 Å². The largest absolute Gasteiger partial charge is 0.493 e. The summed E-state index contributed by atoms with van der Waals surface area (Å²) in [6.45, 7) is 4.30. The van der Waals surface area contributed by atoms with Gasteiger partial charge in [0.25, 0.3) is 0 Å². The molecule has 1 aromatic rings. The molecule has 0 saturated carbocycles. The molecule has 2 atom stereocenters. The van der Waals surface area contributed by atoms with Gasteiger partial charge in [-0.3, -0.25) is 0 Å². The maximum atomic E-state index is 14.0. The van der Waals surface area contributed by atoms with E-state index < -0.39 is 12.0 Å². The lowest BCUT2D eigenvalue weighted by atomic mass is 9.88. The molecule has 0 radical (unpaired) electrons. The van der Waals surface area contributed by atoms with Crippen molar-refractivity contribution in [1.29, 1.82) is 0 Å². The highest BCUT2D eigenvalue weighted by Gasteiger charge is 2.34. The van der Waals surface area contributed by atoms with Crippen molar-refractivity contribution in [3.8, 4) is 5.75 Å². The van der Waals surface area contributed by atoms with Crippen molar-refractivity contribution in [2.24, 2.45) is 0 Å². The van der Waals surface area contributed by atoms with Crippen LogP contribution in [-0.2, 0) is 5.54 Å². The van der Waals surface area contributed by atoms with Crippen LogP contribution in [-0.4, -0.2) is 13.7 Å². The quantitative estimate of drug-likeness (QED) is 0.893. The topological polar surface area (TPSA) is 21.3 Å². The van der Waals surface area contributed by atoms with Gasteiger partial charge in [-0.1, -0.05) is 0 Å². The molecule has 1 aliphatic heterocycles. The molecule has 2 rings (SSSR count). The zero-order chi connectivity index (χ0) is 13.3. The Kier molecular flexibility index (Phi) is 3.57. The van der Waals surface area contributed by atoms with E-state index >= 15 is 0 Å². The molecule has 1 heterocycles. The number of alkyl halides is 1. The minimum atomic E-state index is -1.19. The second-order valence-electron chi connectivity index (χ2n) is 5.06. The molecule has 2 unspecified atom stereocenters. The average Bonchev–Trinajstić information content (AvgIpc) is 2.76. The molecule has 1 saturated heterocycles. The first-order valence-corrected chi connectivity index (χ1v) is 6.25. The van der Waals surface area contributed by atoms with E-state index in [4.69, 9.17) is 4.74 Å². The van der Waals surface area contributed by atoms with Crippen LogP contribution in [0, 0.1) is 5.82 Å². The average molecular weight is 255 g/mol. The highest BCUT2D eigenvalue weighted by molar-refractivity contribution is 5.44. The summed E-state index contributed by atoms with van der Waals surface area (Å²) in [5.74, 6) is -0.277. The fraction of sp³-hybridized carbons (Fsp3) is 0.571. The Balaban J connectivity index is 2.55. The normalized spacial score (nSPS) is 25.2. The van der Waals surface area contributed by atoms with Crippen LogP contribution in [0.4, 0.5) is 8.78 Å². The minimum Gasteiger partial charge on any atom is -0.493 e. The van der Waals surface area contributed by atoms with Crippen molar-refractivity contribution in [2.75, 3.05) is 13.7 Å². The van der Waals surface area contributed by atoms with E-state index in [9.17, 15) is 8.78 Å². The maximum Gasteiger partial charge on any atom is 0.165 e. The van der Waals surface area contributed by atoms with Crippen LogP contribution in [0.1, 0.15) is 44.0 Å². The molecule has 100 valence electrons. The van der Waals surface area contributed by atoms with Crippen LogP contribution < -0.4 is 10.1 Å². The van der Waals surface area contributed by atoms with Gasteiger partial charge in [0, 0.05) is 11.1 Å². The molecular formula is C14H19F2NO. The number of hydrogen-bond donors (Lipinski definition) is 1. The highest BCUT2D eigenvalue weighted by atomic mass is 19.1. The van der Waals surface area contributed by atoms with Crippen molar-refractivity contribution in [2.45, 2.75) is 38.4 Å². The molecule has 1 aliphatic rings. The van der Waals surface area contributed by atoms with E-state index in [0.29, 0.717) is 11.1 Å². The van der Waals surface area contributed by atoms with Crippen molar-refractivity contribution in [3.63, 3.8) is 0 Å². The first kappa shape index (κ1) is 13.3. The fourth-order valence-electron chi connectivity index (χ4n) is 2.59. The number of benzene rings is 1. The Morgan fingerprint density at radius 1 is 1.44 bits per heavy atom. The molecule has 4 heteroatoms. The van der Waals surface area contributed by atoms with Gasteiger partial charge in [-0.05, 0) is 50.9 Å². The van der Waals surface area contributed by atoms with E-state index in [1.165, 1.54) is 20.1 Å². The van der Waals surface area contributed by atoms with Gasteiger partial charge in [0.2, 0.25) is 0 Å². The molecule has 1 N–H and O–H groups in total. The summed E-state index contributed by atoms with van der Waals surface area (Å²) in [6.07, 6.45) is 0.734. The standard InChI is InChI=1S/C14H19F2NO/c1-9(15)10-7-11(13(18-3)12(16)8-10)14(2)5-4-6-17-14/h7-9,17H,4-6H2,1-3H3. The second-order valence-corrected chi connectivity index (χ2v) is 5.06. The number of ether oxygens (including phenoxy) is 1. The van der Waals surface area contributed by atoms with Gasteiger partial charge in [-0.25, -0.2) is 8.78 Å². The van der Waals surface area contributed by atoms with Crippen LogP contribution in [0.15, 0.2) is 12.1 Å². The molecule has 0 amide bonds. The van der Waals surface area contributed by atoms with E-state index in [1.807, 2.05) is 6.92 Å². The molecule has 0 aliphatic carbocycles. The third kappa shape index (κ3) is 2.21. The van der Waals surface area contributed by atoms with Crippen molar-refractivity contribution >= 4 is 0 Å². The Hall–Kier alpha value is -1.16. The van der Waals surface area contributed by atoms with Gasteiger partial charge in [0.15, 0.2) is 11.6 Å². The first-order chi connectivity index (χ1) is 8.48. The predicted molar refractivity (Wildman–Crippen MR) is 67.1 cm³/mol. The molecule has 1 fully saturated rings. The fourth-order valence-corrected chi connectivity index (χ4v) is 2.59. The summed E-state index contributed by atoms with van der Waals surface area (Å²) >= 11 is 0. The SMILES string of the molecule is COc1c(F)cc(C(C)F)cc1C1(C)CCCN1. The number of hydrogen-bond acceptors (Lipinski definition) is 2. The number of rotatable bonds is 3. The van der Waals surface area contributed by atoms with Crippen molar-refractivity contribution in [3.05, 3.63) is 29.1 Å². The summed E-state index contributed by atoms with van der Waals surface area (Å²) in [5, 5.41) is 3.35. The molecule has 0 spiro atoms. The maximum absolute atomic E-state index is 14.0. The van der Waals surface area contributed by atoms with Crippen LogP contribution in [0.2, 0.25) is 0 Å². The number of halogens is 2. The van der Waals surface area contributed by atoms with Gasteiger partial charge >= 0.3 is 0 Å². The molecule has 2 nitrogen and oxygen atoms in total. The smallest absolute Gasteiger partial charge is 0.165 e. The van der Waals surface area contributed by atoms with Gasteiger partial charge in [0.1, 0.15) is 6.17 Å². The van der Waals surface area contributed by atoms with Crippen molar-refractivity contribution < 1.29 is 13.5 Å². The van der Waals surface area contributed by atoms with Gasteiger partial charge in [0.05, 0.1) is 7.11 Å². The predicted octanol–water partition coefficient (Wildman–Crippen LogP) is 3.46. The van der Waals surface area contributed by atoms with E-state index in [2.05, 4.69) is 5.32 Å². The Morgan fingerprint density at radius 2 is 2.17 bits per heavy atom. The lowest BCUT2D eigenvalue weighted by Crippen LogP contribution is -2.34. The highest BCUT2D eigenvalue weighted by Crippen LogP contribution is 2.39. The monoisotopic (exact) mass is 255 g/mol. The number of nitrogens with one attached hydrogen (secondary N) is 1. The number of methoxy groups -OCH3 is 1.